The summed E-state index contributed by atoms with van der Waals surface area (Å²) in [6.45, 7) is 0.644. The highest BCUT2D eigenvalue weighted by molar-refractivity contribution is 7.89. The predicted molar refractivity (Wildman–Crippen MR) is 63.0 cm³/mol. The van der Waals surface area contributed by atoms with Gasteiger partial charge in [-0.25, -0.2) is 13.1 Å². The largest absolute Gasteiger partial charge is 0.392 e. The lowest BCUT2D eigenvalue weighted by molar-refractivity contribution is -0.132. The van der Waals surface area contributed by atoms with Gasteiger partial charge in [0, 0.05) is 6.54 Å². The molecule has 2 N–H and O–H groups in total. The molecule has 0 unspecified atom stereocenters. The lowest BCUT2D eigenvalue weighted by Gasteiger charge is -2.10. The molecule has 0 fully saturated rings. The SMILES string of the molecule is Cc1ccc(S(=O)(=O)NCCC(F)(F)F)cc1CO. The van der Waals surface area contributed by atoms with Crippen molar-refractivity contribution in [1.29, 1.82) is 0 Å². The van der Waals surface area contributed by atoms with Crippen LogP contribution < -0.4 is 4.72 Å². The van der Waals surface area contributed by atoms with Crippen LogP contribution in [-0.2, 0) is 16.6 Å². The maximum absolute atomic E-state index is 11.9. The maximum Gasteiger partial charge on any atom is 0.390 e. The van der Waals surface area contributed by atoms with Crippen molar-refractivity contribution in [3.05, 3.63) is 29.3 Å². The number of benzene rings is 1. The molecule has 0 saturated heterocycles. The quantitative estimate of drug-likeness (QED) is 0.869. The van der Waals surface area contributed by atoms with Crippen molar-refractivity contribution in [2.45, 2.75) is 31.0 Å². The van der Waals surface area contributed by atoms with Crippen molar-refractivity contribution in [2.75, 3.05) is 6.54 Å². The topological polar surface area (TPSA) is 66.4 Å². The molecule has 0 aliphatic heterocycles. The Labute approximate surface area is 109 Å². The zero-order chi connectivity index (χ0) is 14.7. The van der Waals surface area contributed by atoms with Gasteiger partial charge in [0.05, 0.1) is 17.9 Å². The molecule has 0 radical (unpaired) electrons. The fraction of sp³-hybridized carbons (Fsp3) is 0.455. The number of hydrogen-bond donors (Lipinski definition) is 2. The Kier molecular flexibility index (Phi) is 4.94. The van der Waals surface area contributed by atoms with Gasteiger partial charge >= 0.3 is 6.18 Å². The minimum atomic E-state index is -4.41. The first-order valence-corrected chi connectivity index (χ1v) is 6.91. The van der Waals surface area contributed by atoms with E-state index in [2.05, 4.69) is 0 Å². The Balaban J connectivity index is 2.83. The van der Waals surface area contributed by atoms with Gasteiger partial charge in [0.15, 0.2) is 0 Å². The number of aryl methyl sites for hydroxylation is 1. The molecule has 1 aromatic rings. The van der Waals surface area contributed by atoms with E-state index < -0.39 is 29.2 Å². The summed E-state index contributed by atoms with van der Waals surface area (Å²) in [6.07, 6.45) is -5.64. The highest BCUT2D eigenvalue weighted by atomic mass is 32.2. The second kappa shape index (κ2) is 5.89. The van der Waals surface area contributed by atoms with Crippen LogP contribution in [0.4, 0.5) is 13.2 Å². The van der Waals surface area contributed by atoms with Gasteiger partial charge in [-0.05, 0) is 30.2 Å². The van der Waals surface area contributed by atoms with E-state index in [1.807, 2.05) is 4.72 Å². The molecule has 0 saturated carbocycles. The zero-order valence-corrected chi connectivity index (χ0v) is 11.0. The summed E-state index contributed by atoms with van der Waals surface area (Å²) in [4.78, 5) is -0.163. The zero-order valence-electron chi connectivity index (χ0n) is 10.2. The van der Waals surface area contributed by atoms with Crippen molar-refractivity contribution >= 4 is 10.0 Å². The van der Waals surface area contributed by atoms with Gasteiger partial charge in [-0.2, -0.15) is 13.2 Å². The molecule has 1 aromatic carbocycles. The summed E-state index contributed by atoms with van der Waals surface area (Å²) in [5.74, 6) is 0. The Morgan fingerprint density at radius 2 is 1.95 bits per heavy atom. The van der Waals surface area contributed by atoms with Gasteiger partial charge in [0.2, 0.25) is 10.0 Å². The Morgan fingerprint density at radius 1 is 1.32 bits per heavy atom. The smallest absolute Gasteiger partial charge is 0.390 e. The molecule has 8 heteroatoms. The van der Waals surface area contributed by atoms with Gasteiger partial charge < -0.3 is 5.11 Å². The van der Waals surface area contributed by atoms with Crippen LogP contribution in [0.1, 0.15) is 17.5 Å². The summed E-state index contributed by atoms with van der Waals surface area (Å²) in [6, 6.07) is 4.01. The minimum Gasteiger partial charge on any atom is -0.392 e. The number of aliphatic hydroxyl groups is 1. The number of alkyl halides is 3. The van der Waals surface area contributed by atoms with Crippen LogP contribution in [-0.4, -0.2) is 26.2 Å². The normalized spacial score (nSPS) is 12.7. The predicted octanol–water partition coefficient (Wildman–Crippen LogP) is 1.72. The van der Waals surface area contributed by atoms with E-state index >= 15 is 0 Å². The number of aliphatic hydroxyl groups excluding tert-OH is 1. The lowest BCUT2D eigenvalue weighted by atomic mass is 10.1. The van der Waals surface area contributed by atoms with Gasteiger partial charge in [-0.3, -0.25) is 0 Å². The number of rotatable bonds is 5. The third-order valence-electron chi connectivity index (χ3n) is 2.50. The molecule has 0 atom stereocenters. The molecule has 0 aromatic heterocycles. The van der Waals surface area contributed by atoms with E-state index in [9.17, 15) is 21.6 Å². The molecular weight excluding hydrogens is 283 g/mol. The van der Waals surface area contributed by atoms with Crippen LogP contribution >= 0.6 is 0 Å². The third-order valence-corrected chi connectivity index (χ3v) is 3.96. The average molecular weight is 297 g/mol. The molecule has 0 aliphatic carbocycles. The van der Waals surface area contributed by atoms with Crippen LogP contribution in [0, 0.1) is 6.92 Å². The van der Waals surface area contributed by atoms with E-state index in [1.165, 1.54) is 18.2 Å². The molecule has 0 heterocycles. The molecule has 0 spiro atoms. The Morgan fingerprint density at radius 3 is 2.47 bits per heavy atom. The van der Waals surface area contributed by atoms with Crippen molar-refractivity contribution in [3.63, 3.8) is 0 Å². The molecule has 108 valence electrons. The highest BCUT2D eigenvalue weighted by Gasteiger charge is 2.27. The van der Waals surface area contributed by atoms with Gasteiger partial charge in [-0.1, -0.05) is 6.07 Å². The lowest BCUT2D eigenvalue weighted by Crippen LogP contribution is -2.28. The monoisotopic (exact) mass is 297 g/mol. The van der Waals surface area contributed by atoms with Crippen molar-refractivity contribution in [1.82, 2.24) is 4.72 Å². The number of halogens is 3. The first-order valence-electron chi connectivity index (χ1n) is 5.42. The molecule has 0 amide bonds. The van der Waals surface area contributed by atoms with Gasteiger partial charge in [-0.15, -0.1) is 0 Å². The highest BCUT2D eigenvalue weighted by Crippen LogP contribution is 2.19. The van der Waals surface area contributed by atoms with Crippen LogP contribution in [0.25, 0.3) is 0 Å². The van der Waals surface area contributed by atoms with Crippen LogP contribution in [0.3, 0.4) is 0 Å². The Hall–Kier alpha value is -1.12. The summed E-state index contributed by atoms with van der Waals surface area (Å²) in [5.41, 5.74) is 1.12. The fourth-order valence-electron chi connectivity index (χ4n) is 1.40. The van der Waals surface area contributed by atoms with Gasteiger partial charge in [0.25, 0.3) is 0 Å². The molecule has 0 bridgehead atoms. The van der Waals surface area contributed by atoms with Crippen molar-refractivity contribution < 1.29 is 26.7 Å². The first kappa shape index (κ1) is 15.9. The van der Waals surface area contributed by atoms with E-state index in [0.29, 0.717) is 11.1 Å². The van der Waals surface area contributed by atoms with E-state index in [1.54, 1.807) is 6.92 Å². The van der Waals surface area contributed by atoms with E-state index in [4.69, 9.17) is 5.11 Å². The molecule has 1 rings (SSSR count). The standard InChI is InChI=1S/C11H14F3NO3S/c1-8-2-3-10(6-9(8)7-16)19(17,18)15-5-4-11(12,13)14/h2-3,6,15-16H,4-5,7H2,1H3. The fourth-order valence-corrected chi connectivity index (χ4v) is 2.48. The second-order valence-corrected chi connectivity index (χ2v) is 5.78. The van der Waals surface area contributed by atoms with Crippen molar-refractivity contribution in [3.8, 4) is 0 Å². The molecular formula is C11H14F3NO3S. The summed E-state index contributed by atoms with van der Waals surface area (Å²) in [7, 11) is -3.99. The molecule has 4 nitrogen and oxygen atoms in total. The minimum absolute atomic E-state index is 0.163. The van der Waals surface area contributed by atoms with E-state index in [-0.39, 0.29) is 11.5 Å². The third kappa shape index (κ3) is 4.81. The molecule has 19 heavy (non-hydrogen) atoms. The van der Waals surface area contributed by atoms with Crippen LogP contribution in [0.2, 0.25) is 0 Å². The summed E-state index contributed by atoms with van der Waals surface area (Å²) in [5, 5.41) is 9.03. The summed E-state index contributed by atoms with van der Waals surface area (Å²) >= 11 is 0. The maximum atomic E-state index is 11.9. The average Bonchev–Trinajstić information content (AvgIpc) is 2.27. The van der Waals surface area contributed by atoms with Gasteiger partial charge in [0.1, 0.15) is 0 Å². The number of sulfonamides is 1. The summed E-state index contributed by atoms with van der Waals surface area (Å²) < 4.78 is 61.2. The number of nitrogens with one attached hydrogen (secondary N) is 1. The first-order chi connectivity index (χ1) is 8.65. The second-order valence-electron chi connectivity index (χ2n) is 4.01. The van der Waals surface area contributed by atoms with E-state index in [0.717, 1.165) is 0 Å². The molecule has 0 aliphatic rings. The van der Waals surface area contributed by atoms with Crippen LogP contribution in [0.15, 0.2) is 23.1 Å². The number of hydrogen-bond acceptors (Lipinski definition) is 3. The van der Waals surface area contributed by atoms with Crippen LogP contribution in [0.5, 0.6) is 0 Å². The van der Waals surface area contributed by atoms with Crippen molar-refractivity contribution in [2.24, 2.45) is 0 Å². The Bertz CT molecular complexity index is 541.